The third-order valence-corrected chi connectivity index (χ3v) is 6.18. The predicted molar refractivity (Wildman–Crippen MR) is 142 cm³/mol. The quantitative estimate of drug-likeness (QED) is 0.134. The fraction of sp³-hybridized carbons (Fsp3) is 0.517. The number of nitrogens with two attached hydrogens (primary N) is 1. The van der Waals surface area contributed by atoms with Gasteiger partial charge in [0.1, 0.15) is 5.84 Å². The molecule has 0 aromatic heterocycles. The molecule has 2 aromatic rings. The van der Waals surface area contributed by atoms with Crippen molar-refractivity contribution in [3.8, 4) is 11.5 Å². The summed E-state index contributed by atoms with van der Waals surface area (Å²) in [6, 6.07) is 13.2. The lowest BCUT2D eigenvalue weighted by Gasteiger charge is -2.23. The first-order chi connectivity index (χ1) is 16.7. The Hall–Kier alpha value is -2.86. The Labute approximate surface area is 210 Å². The van der Waals surface area contributed by atoms with Gasteiger partial charge in [0, 0.05) is 23.7 Å². The van der Waals surface area contributed by atoms with Gasteiger partial charge in [0.05, 0.1) is 20.3 Å². The molecule has 6 heteroatoms. The molecule has 35 heavy (non-hydrogen) atoms. The number of nitrogen functional groups attached to an aromatic ring is 1. The number of benzene rings is 2. The van der Waals surface area contributed by atoms with Crippen LogP contribution in [0.5, 0.6) is 11.5 Å². The lowest BCUT2D eigenvalue weighted by atomic mass is 9.80. The lowest BCUT2D eigenvalue weighted by molar-refractivity contribution is 0.0839. The number of carbonyl (C=O) groups excluding carboxylic acids is 1. The van der Waals surface area contributed by atoms with Crippen LogP contribution in [0, 0.1) is 23.2 Å². The zero-order valence-corrected chi connectivity index (χ0v) is 21.9. The molecule has 3 N–H and O–H groups in total. The highest BCUT2D eigenvalue weighted by molar-refractivity contribution is 5.98. The van der Waals surface area contributed by atoms with Crippen LogP contribution in [0.25, 0.3) is 0 Å². The molecule has 0 atom stereocenters. The van der Waals surface area contributed by atoms with Crippen molar-refractivity contribution < 1.29 is 19.0 Å². The van der Waals surface area contributed by atoms with Gasteiger partial charge in [0.15, 0.2) is 17.3 Å². The van der Waals surface area contributed by atoms with Crippen LogP contribution in [-0.2, 0) is 11.2 Å². The number of hydrogen-bond donors (Lipinski definition) is 2. The molecule has 0 amide bonds. The third kappa shape index (κ3) is 9.02. The number of carbonyl (C=O) groups is 1. The summed E-state index contributed by atoms with van der Waals surface area (Å²) >= 11 is 0. The maximum Gasteiger partial charge on any atom is 0.166 e. The van der Waals surface area contributed by atoms with Crippen molar-refractivity contribution in [2.45, 2.75) is 53.4 Å². The van der Waals surface area contributed by atoms with Crippen molar-refractivity contribution in [2.75, 3.05) is 26.9 Å². The molecule has 0 bridgehead atoms. The van der Waals surface area contributed by atoms with E-state index in [1.807, 2.05) is 36.4 Å². The third-order valence-electron chi connectivity index (χ3n) is 6.18. The number of hydrogen-bond acceptors (Lipinski definition) is 5. The standard InChI is InChI=1S/C29H42N2O4/c1-20(2)27(21(3)4)28(32)24-13-14-25(26(19-24)33-5)35-17-8-6-7-16-34-18-15-22-9-11-23(12-10-22)29(30)31/h9-14,19-21,27H,6-8,15-18H2,1-5H3,(H3,30,31). The highest BCUT2D eigenvalue weighted by Gasteiger charge is 2.27. The number of Topliss-reactive ketones (excluding diaryl/α,β-unsaturated/α-hetero) is 1. The summed E-state index contributed by atoms with van der Waals surface area (Å²) in [5.74, 6) is 2.07. The predicted octanol–water partition coefficient (Wildman–Crippen LogP) is 5.90. The van der Waals surface area contributed by atoms with Crippen LogP contribution in [0.1, 0.15) is 68.4 Å². The monoisotopic (exact) mass is 482 g/mol. The molecule has 0 radical (unpaired) electrons. The molecule has 0 spiro atoms. The number of ketones is 1. The van der Waals surface area contributed by atoms with E-state index in [0.717, 1.165) is 37.9 Å². The average Bonchev–Trinajstić information content (AvgIpc) is 2.82. The van der Waals surface area contributed by atoms with Gasteiger partial charge in [-0.1, -0.05) is 52.0 Å². The molecular weight excluding hydrogens is 440 g/mol. The topological polar surface area (TPSA) is 94.6 Å². The number of methoxy groups -OCH3 is 1. The first-order valence-corrected chi connectivity index (χ1v) is 12.6. The van der Waals surface area contributed by atoms with E-state index in [0.29, 0.717) is 30.3 Å². The number of rotatable bonds is 16. The van der Waals surface area contributed by atoms with Gasteiger partial charge in [-0.25, -0.2) is 0 Å². The molecule has 2 rings (SSSR count). The van der Waals surface area contributed by atoms with Crippen LogP contribution < -0.4 is 15.2 Å². The summed E-state index contributed by atoms with van der Waals surface area (Å²) in [5.41, 5.74) is 8.07. The smallest absolute Gasteiger partial charge is 0.166 e. The van der Waals surface area contributed by atoms with Crippen molar-refractivity contribution in [1.82, 2.24) is 0 Å². The second kappa shape index (κ2) is 14.5. The van der Waals surface area contributed by atoms with Crippen LogP contribution in [0.3, 0.4) is 0 Å². The van der Waals surface area contributed by atoms with Crippen LogP contribution in [0.15, 0.2) is 42.5 Å². The number of amidine groups is 1. The van der Waals surface area contributed by atoms with Crippen LogP contribution in [0.2, 0.25) is 0 Å². The minimum atomic E-state index is -0.0130. The van der Waals surface area contributed by atoms with Crippen LogP contribution in [-0.4, -0.2) is 38.5 Å². The molecule has 0 fully saturated rings. The van der Waals surface area contributed by atoms with E-state index in [9.17, 15) is 4.79 Å². The summed E-state index contributed by atoms with van der Waals surface area (Å²) in [7, 11) is 1.61. The second-order valence-corrected chi connectivity index (χ2v) is 9.63. The molecule has 0 aliphatic carbocycles. The van der Waals surface area contributed by atoms with Crippen molar-refractivity contribution in [1.29, 1.82) is 5.41 Å². The zero-order chi connectivity index (χ0) is 25.8. The van der Waals surface area contributed by atoms with E-state index in [1.165, 1.54) is 5.56 Å². The number of ether oxygens (including phenoxy) is 3. The van der Waals surface area contributed by atoms with E-state index >= 15 is 0 Å². The first kappa shape index (κ1) is 28.4. The van der Waals surface area contributed by atoms with Gasteiger partial charge in [-0.3, -0.25) is 10.2 Å². The van der Waals surface area contributed by atoms with Gasteiger partial charge in [0.2, 0.25) is 0 Å². The Balaban J connectivity index is 1.68. The van der Waals surface area contributed by atoms with Crippen LogP contribution >= 0.6 is 0 Å². The van der Waals surface area contributed by atoms with Gasteiger partial charge < -0.3 is 19.9 Å². The maximum atomic E-state index is 13.0. The summed E-state index contributed by atoms with van der Waals surface area (Å²) in [4.78, 5) is 13.0. The summed E-state index contributed by atoms with van der Waals surface area (Å²) in [6.07, 6.45) is 3.75. The Bertz CT molecular complexity index is 930. The highest BCUT2D eigenvalue weighted by Crippen LogP contribution is 2.32. The molecule has 0 aliphatic rings. The highest BCUT2D eigenvalue weighted by atomic mass is 16.5. The Morgan fingerprint density at radius 2 is 1.49 bits per heavy atom. The molecule has 2 aromatic carbocycles. The fourth-order valence-electron chi connectivity index (χ4n) is 4.32. The lowest BCUT2D eigenvalue weighted by Crippen LogP contribution is -2.25. The summed E-state index contributed by atoms with van der Waals surface area (Å²) < 4.78 is 17.2. The van der Waals surface area contributed by atoms with Crippen LogP contribution in [0.4, 0.5) is 0 Å². The summed E-state index contributed by atoms with van der Waals surface area (Å²) in [6.45, 7) is 10.4. The fourth-order valence-corrected chi connectivity index (χ4v) is 4.32. The van der Waals surface area contributed by atoms with Gasteiger partial charge in [-0.15, -0.1) is 0 Å². The minimum absolute atomic E-state index is 0.0130. The summed E-state index contributed by atoms with van der Waals surface area (Å²) in [5, 5.41) is 7.43. The zero-order valence-electron chi connectivity index (χ0n) is 21.9. The Morgan fingerprint density at radius 1 is 0.857 bits per heavy atom. The molecule has 6 nitrogen and oxygen atoms in total. The van der Waals surface area contributed by atoms with E-state index in [4.69, 9.17) is 25.4 Å². The first-order valence-electron chi connectivity index (χ1n) is 12.6. The number of nitrogens with one attached hydrogen (secondary N) is 1. The molecule has 192 valence electrons. The van der Waals surface area contributed by atoms with E-state index in [-0.39, 0.29) is 29.4 Å². The van der Waals surface area contributed by atoms with E-state index in [2.05, 4.69) is 27.7 Å². The minimum Gasteiger partial charge on any atom is -0.493 e. The van der Waals surface area contributed by atoms with Crippen molar-refractivity contribution in [3.63, 3.8) is 0 Å². The van der Waals surface area contributed by atoms with E-state index < -0.39 is 0 Å². The molecule has 0 aliphatic heterocycles. The van der Waals surface area contributed by atoms with Crippen molar-refractivity contribution in [2.24, 2.45) is 23.5 Å². The Kier molecular flexibility index (Phi) is 11.8. The Morgan fingerprint density at radius 3 is 2.09 bits per heavy atom. The van der Waals surface area contributed by atoms with Gasteiger partial charge in [-0.2, -0.15) is 0 Å². The molecule has 0 heterocycles. The molecule has 0 saturated carbocycles. The molecule has 0 saturated heterocycles. The van der Waals surface area contributed by atoms with Crippen molar-refractivity contribution in [3.05, 3.63) is 59.2 Å². The maximum absolute atomic E-state index is 13.0. The van der Waals surface area contributed by atoms with Gasteiger partial charge in [-0.05, 0) is 61.3 Å². The SMILES string of the molecule is COc1cc(C(=O)C(C(C)C)C(C)C)ccc1OCCCCCOCCc1ccc(C(=N)N)cc1. The number of unbranched alkanes of at least 4 members (excludes halogenated alkanes) is 2. The largest absolute Gasteiger partial charge is 0.493 e. The molecular formula is C29H42N2O4. The molecule has 0 unspecified atom stereocenters. The van der Waals surface area contributed by atoms with Gasteiger partial charge in [0.25, 0.3) is 0 Å². The average molecular weight is 483 g/mol. The normalized spacial score (nSPS) is 11.3. The van der Waals surface area contributed by atoms with Crippen molar-refractivity contribution >= 4 is 11.6 Å². The second-order valence-electron chi connectivity index (χ2n) is 9.63. The van der Waals surface area contributed by atoms with Gasteiger partial charge >= 0.3 is 0 Å². The van der Waals surface area contributed by atoms with E-state index in [1.54, 1.807) is 13.2 Å².